The number of nitrogens with zero attached hydrogens (tertiary/aromatic N) is 1. The largest absolute Gasteiger partial charge is 0.477 e. The van der Waals surface area contributed by atoms with Crippen LogP contribution in [0.2, 0.25) is 0 Å². The van der Waals surface area contributed by atoms with Crippen molar-refractivity contribution in [1.82, 2.24) is 4.57 Å². The van der Waals surface area contributed by atoms with Crippen LogP contribution in [0, 0.1) is 11.8 Å². The minimum absolute atomic E-state index is 0.290. The summed E-state index contributed by atoms with van der Waals surface area (Å²) in [5.41, 5.74) is 2.42. The molecule has 0 aliphatic heterocycles. The topological polar surface area (TPSA) is 42.2 Å². The lowest BCUT2D eigenvalue weighted by Gasteiger charge is -2.07. The molecule has 98 valence electrons. The molecule has 2 aromatic rings. The fourth-order valence-corrected chi connectivity index (χ4v) is 2.15. The number of fused-ring (bicyclic) bond motifs is 1. The number of aromatic nitrogens is 1. The highest BCUT2D eigenvalue weighted by Crippen LogP contribution is 2.24. The summed E-state index contributed by atoms with van der Waals surface area (Å²) in [7, 11) is 0. The summed E-state index contributed by atoms with van der Waals surface area (Å²) in [4.78, 5) is 11.3. The molecule has 0 radical (unpaired) electrons. The number of benzene rings is 1. The van der Waals surface area contributed by atoms with E-state index in [1.807, 2.05) is 6.07 Å². The predicted molar refractivity (Wildman–Crippen MR) is 76.4 cm³/mol. The molecule has 0 saturated carbocycles. The molecule has 19 heavy (non-hydrogen) atoms. The minimum Gasteiger partial charge on any atom is -0.477 e. The molecule has 1 aromatic carbocycles. The predicted octanol–water partition coefficient (Wildman–Crippen LogP) is 3.49. The first-order valence-corrected chi connectivity index (χ1v) is 6.30. The second-order valence-corrected chi connectivity index (χ2v) is 4.82. The van der Waals surface area contributed by atoms with Crippen molar-refractivity contribution in [1.29, 1.82) is 0 Å². The van der Waals surface area contributed by atoms with Gasteiger partial charge in [0, 0.05) is 10.9 Å². The van der Waals surface area contributed by atoms with Crippen LogP contribution in [0.25, 0.3) is 10.9 Å². The van der Waals surface area contributed by atoms with Gasteiger partial charge in [0.25, 0.3) is 0 Å². The van der Waals surface area contributed by atoms with Crippen LogP contribution in [0.4, 0.5) is 0 Å². The van der Waals surface area contributed by atoms with Gasteiger partial charge < -0.3 is 9.67 Å². The average Bonchev–Trinajstić information content (AvgIpc) is 2.74. The van der Waals surface area contributed by atoms with Crippen molar-refractivity contribution in [2.75, 3.05) is 0 Å². The van der Waals surface area contributed by atoms with Gasteiger partial charge in [0.2, 0.25) is 0 Å². The summed E-state index contributed by atoms with van der Waals surface area (Å²) in [5.74, 6) is 5.24. The van der Waals surface area contributed by atoms with Crippen LogP contribution in [0.5, 0.6) is 0 Å². The van der Waals surface area contributed by atoms with Crippen LogP contribution in [-0.2, 0) is 6.54 Å². The van der Waals surface area contributed by atoms with E-state index < -0.39 is 5.97 Å². The van der Waals surface area contributed by atoms with Gasteiger partial charge in [0.05, 0.1) is 6.54 Å². The second-order valence-electron chi connectivity index (χ2n) is 4.82. The molecular weight excluding hydrogens is 238 g/mol. The normalized spacial score (nSPS) is 10.5. The Kier molecular flexibility index (Phi) is 3.62. The SMILES string of the molecule is CC#CCn1c(C(=O)O)cc2cc(C(C)C)ccc21. The molecule has 3 heteroatoms. The lowest BCUT2D eigenvalue weighted by Crippen LogP contribution is -2.07. The quantitative estimate of drug-likeness (QED) is 0.853. The molecule has 1 aromatic heterocycles. The molecule has 0 atom stereocenters. The smallest absolute Gasteiger partial charge is 0.352 e. The van der Waals surface area contributed by atoms with E-state index in [1.54, 1.807) is 17.6 Å². The van der Waals surface area contributed by atoms with Crippen molar-refractivity contribution >= 4 is 16.9 Å². The van der Waals surface area contributed by atoms with E-state index >= 15 is 0 Å². The molecular formula is C16H17NO2. The van der Waals surface area contributed by atoms with Crippen LogP contribution in [-0.4, -0.2) is 15.6 Å². The van der Waals surface area contributed by atoms with E-state index in [1.165, 1.54) is 5.56 Å². The Hall–Kier alpha value is -2.21. The van der Waals surface area contributed by atoms with Crippen LogP contribution in [0.3, 0.4) is 0 Å². The first kappa shape index (κ1) is 13.2. The highest BCUT2D eigenvalue weighted by atomic mass is 16.4. The molecule has 2 rings (SSSR count). The summed E-state index contributed by atoms with van der Waals surface area (Å²) in [6.45, 7) is 6.41. The Morgan fingerprint density at radius 3 is 2.68 bits per heavy atom. The zero-order valence-corrected chi connectivity index (χ0v) is 11.4. The van der Waals surface area contributed by atoms with E-state index in [-0.39, 0.29) is 0 Å². The monoisotopic (exact) mass is 255 g/mol. The van der Waals surface area contributed by atoms with Gasteiger partial charge in [-0.2, -0.15) is 0 Å². The van der Waals surface area contributed by atoms with Crippen molar-refractivity contribution in [3.05, 3.63) is 35.5 Å². The lowest BCUT2D eigenvalue weighted by atomic mass is 10.0. The maximum Gasteiger partial charge on any atom is 0.352 e. The molecule has 0 aliphatic carbocycles. The van der Waals surface area contributed by atoms with E-state index in [9.17, 15) is 9.90 Å². The summed E-state index contributed by atoms with van der Waals surface area (Å²) in [6, 6.07) is 7.81. The van der Waals surface area contributed by atoms with Crippen molar-refractivity contribution in [3.8, 4) is 11.8 Å². The molecule has 1 N–H and O–H groups in total. The van der Waals surface area contributed by atoms with E-state index in [4.69, 9.17) is 0 Å². The number of carboxylic acids is 1. The third kappa shape index (κ3) is 2.48. The number of aromatic carboxylic acids is 1. The maximum absolute atomic E-state index is 11.3. The molecule has 1 heterocycles. The van der Waals surface area contributed by atoms with Crippen LogP contribution in [0.1, 0.15) is 42.7 Å². The van der Waals surface area contributed by atoms with E-state index in [0.29, 0.717) is 18.2 Å². The van der Waals surface area contributed by atoms with Crippen molar-refractivity contribution in [3.63, 3.8) is 0 Å². The molecule has 0 spiro atoms. The summed E-state index contributed by atoms with van der Waals surface area (Å²) in [5, 5.41) is 10.2. The molecule has 3 nitrogen and oxygen atoms in total. The number of carboxylic acid groups (broad SMARTS) is 1. The highest BCUT2D eigenvalue weighted by molar-refractivity contribution is 5.95. The minimum atomic E-state index is -0.916. The standard InChI is InChI=1S/C16H17NO2/c1-4-5-8-17-14-7-6-12(11(2)3)9-13(14)10-15(17)16(18)19/h6-7,9-11H,8H2,1-3H3,(H,18,19). The van der Waals surface area contributed by atoms with Gasteiger partial charge in [0.1, 0.15) is 5.69 Å². The van der Waals surface area contributed by atoms with Gasteiger partial charge >= 0.3 is 5.97 Å². The van der Waals surface area contributed by atoms with Gasteiger partial charge in [-0.15, -0.1) is 5.92 Å². The third-order valence-corrected chi connectivity index (χ3v) is 3.23. The summed E-state index contributed by atoms with van der Waals surface area (Å²) in [6.07, 6.45) is 0. The van der Waals surface area contributed by atoms with Crippen LogP contribution >= 0.6 is 0 Å². The Morgan fingerprint density at radius 2 is 2.11 bits per heavy atom. The summed E-state index contributed by atoms with van der Waals surface area (Å²) < 4.78 is 1.75. The third-order valence-electron chi connectivity index (χ3n) is 3.23. The zero-order chi connectivity index (χ0) is 14.0. The molecule has 0 unspecified atom stereocenters. The Bertz CT molecular complexity index is 684. The Balaban J connectivity index is 2.65. The first-order chi connectivity index (χ1) is 9.04. The van der Waals surface area contributed by atoms with Gasteiger partial charge in [-0.05, 0) is 36.6 Å². The van der Waals surface area contributed by atoms with E-state index in [2.05, 4.69) is 37.8 Å². The molecule has 0 saturated heterocycles. The molecule has 0 aliphatic rings. The molecule has 0 amide bonds. The van der Waals surface area contributed by atoms with Crippen molar-refractivity contribution < 1.29 is 9.90 Å². The van der Waals surface area contributed by atoms with Gasteiger partial charge in [-0.25, -0.2) is 4.79 Å². The van der Waals surface area contributed by atoms with Gasteiger partial charge in [-0.1, -0.05) is 25.8 Å². The van der Waals surface area contributed by atoms with Gasteiger partial charge in [-0.3, -0.25) is 0 Å². The molecule has 0 bridgehead atoms. The zero-order valence-electron chi connectivity index (χ0n) is 11.4. The van der Waals surface area contributed by atoms with E-state index in [0.717, 1.165) is 10.9 Å². The lowest BCUT2D eigenvalue weighted by molar-refractivity contribution is 0.0686. The average molecular weight is 255 g/mol. The fraction of sp³-hybridized carbons (Fsp3) is 0.312. The number of hydrogen-bond acceptors (Lipinski definition) is 1. The van der Waals surface area contributed by atoms with Crippen molar-refractivity contribution in [2.24, 2.45) is 0 Å². The van der Waals surface area contributed by atoms with Crippen LogP contribution < -0.4 is 0 Å². The Morgan fingerprint density at radius 1 is 1.37 bits per heavy atom. The maximum atomic E-state index is 11.3. The highest BCUT2D eigenvalue weighted by Gasteiger charge is 2.14. The number of hydrogen-bond donors (Lipinski definition) is 1. The Labute approximate surface area is 112 Å². The number of carbonyl (C=O) groups is 1. The summed E-state index contributed by atoms with van der Waals surface area (Å²) >= 11 is 0. The fourth-order valence-electron chi connectivity index (χ4n) is 2.15. The van der Waals surface area contributed by atoms with Crippen LogP contribution in [0.15, 0.2) is 24.3 Å². The first-order valence-electron chi connectivity index (χ1n) is 6.30. The van der Waals surface area contributed by atoms with Gasteiger partial charge in [0.15, 0.2) is 0 Å². The number of rotatable bonds is 3. The molecule has 0 fully saturated rings. The van der Waals surface area contributed by atoms with Crippen molar-refractivity contribution in [2.45, 2.75) is 33.2 Å². The second kappa shape index (κ2) is 5.19.